The topological polar surface area (TPSA) is 69.6 Å². The van der Waals surface area contributed by atoms with Gasteiger partial charge in [0.2, 0.25) is 0 Å². The van der Waals surface area contributed by atoms with Gasteiger partial charge in [-0.2, -0.15) is 0 Å². The molecular formula is C16H24N2O3S. The molecule has 2 fully saturated rings. The first kappa shape index (κ1) is 15.9. The number of hydrogen-bond acceptors (Lipinski definition) is 5. The van der Waals surface area contributed by atoms with Gasteiger partial charge in [0.1, 0.15) is 0 Å². The van der Waals surface area contributed by atoms with Gasteiger partial charge in [-0.15, -0.1) is 0 Å². The zero-order chi connectivity index (χ0) is 15.6. The van der Waals surface area contributed by atoms with Crippen molar-refractivity contribution in [1.29, 1.82) is 0 Å². The molecule has 2 aliphatic rings. The van der Waals surface area contributed by atoms with E-state index in [4.69, 9.17) is 0 Å². The summed E-state index contributed by atoms with van der Waals surface area (Å²) in [6.07, 6.45) is 1.24. The Morgan fingerprint density at radius 3 is 2.41 bits per heavy atom. The van der Waals surface area contributed by atoms with Crippen molar-refractivity contribution >= 4 is 9.84 Å². The lowest BCUT2D eigenvalue weighted by Gasteiger charge is -2.34. The lowest BCUT2D eigenvalue weighted by atomic mass is 10.0. The smallest absolute Gasteiger partial charge is 0.154 e. The summed E-state index contributed by atoms with van der Waals surface area (Å²) in [7, 11) is -3.07. The monoisotopic (exact) mass is 324 g/mol. The Hall–Kier alpha value is -0.950. The van der Waals surface area contributed by atoms with Crippen LogP contribution in [0.25, 0.3) is 0 Å². The molecule has 0 saturated carbocycles. The average molecular weight is 324 g/mol. The lowest BCUT2D eigenvalue weighted by molar-refractivity contribution is 0.136. The van der Waals surface area contributed by atoms with Crippen LogP contribution in [-0.2, 0) is 16.4 Å². The Balaban J connectivity index is 1.46. The van der Waals surface area contributed by atoms with E-state index in [0.29, 0.717) is 6.04 Å². The van der Waals surface area contributed by atoms with E-state index in [1.54, 1.807) is 0 Å². The van der Waals surface area contributed by atoms with Gasteiger partial charge in [0.05, 0.1) is 17.6 Å². The molecule has 2 aliphatic heterocycles. The molecule has 0 radical (unpaired) electrons. The SMILES string of the molecule is O=S1(=O)CC(O)C(NC2CCN(Cc3ccccc3)CC2)C1. The third-order valence-electron chi connectivity index (χ3n) is 4.61. The molecular weight excluding hydrogens is 300 g/mol. The van der Waals surface area contributed by atoms with Gasteiger partial charge in [-0.3, -0.25) is 4.90 Å². The number of hydrogen-bond donors (Lipinski definition) is 2. The van der Waals surface area contributed by atoms with Gasteiger partial charge in [0.15, 0.2) is 9.84 Å². The highest BCUT2D eigenvalue weighted by Gasteiger charge is 2.37. The van der Waals surface area contributed by atoms with Crippen molar-refractivity contribution in [3.05, 3.63) is 35.9 Å². The fraction of sp³-hybridized carbons (Fsp3) is 0.625. The van der Waals surface area contributed by atoms with E-state index < -0.39 is 15.9 Å². The molecule has 2 unspecified atom stereocenters. The highest BCUT2D eigenvalue weighted by atomic mass is 32.2. The first-order valence-electron chi connectivity index (χ1n) is 7.93. The maximum atomic E-state index is 11.5. The van der Waals surface area contributed by atoms with E-state index in [2.05, 4.69) is 34.5 Å². The molecule has 122 valence electrons. The Morgan fingerprint density at radius 1 is 1.14 bits per heavy atom. The zero-order valence-corrected chi connectivity index (χ0v) is 13.5. The molecule has 0 bridgehead atoms. The lowest BCUT2D eigenvalue weighted by Crippen LogP contribution is -2.49. The molecule has 1 aromatic rings. The van der Waals surface area contributed by atoms with Crippen molar-refractivity contribution in [2.45, 2.75) is 37.6 Å². The average Bonchev–Trinajstić information content (AvgIpc) is 2.74. The van der Waals surface area contributed by atoms with Crippen LogP contribution >= 0.6 is 0 Å². The number of aliphatic hydroxyl groups excluding tert-OH is 1. The molecule has 0 aromatic heterocycles. The molecule has 6 heteroatoms. The second-order valence-corrected chi connectivity index (χ2v) is 8.61. The standard InChI is InChI=1S/C16H24N2O3S/c19-16-12-22(20,21)11-15(16)17-14-6-8-18(9-7-14)10-13-4-2-1-3-5-13/h1-5,14-17,19H,6-12H2. The fourth-order valence-electron chi connectivity index (χ4n) is 3.39. The minimum absolute atomic E-state index is 0.0679. The molecule has 5 nitrogen and oxygen atoms in total. The molecule has 3 rings (SSSR count). The molecule has 2 saturated heterocycles. The van der Waals surface area contributed by atoms with E-state index in [1.807, 2.05) is 6.07 Å². The van der Waals surface area contributed by atoms with Gasteiger partial charge >= 0.3 is 0 Å². The number of aliphatic hydroxyl groups is 1. The third-order valence-corrected chi connectivity index (χ3v) is 6.33. The predicted molar refractivity (Wildman–Crippen MR) is 86.3 cm³/mol. The summed E-state index contributed by atoms with van der Waals surface area (Å²) in [4.78, 5) is 2.43. The fourth-order valence-corrected chi connectivity index (χ4v) is 5.14. The van der Waals surface area contributed by atoms with Crippen LogP contribution in [0, 0.1) is 0 Å². The number of rotatable bonds is 4. The molecule has 2 heterocycles. The maximum absolute atomic E-state index is 11.5. The maximum Gasteiger partial charge on any atom is 0.154 e. The largest absolute Gasteiger partial charge is 0.390 e. The number of piperidine rings is 1. The van der Waals surface area contributed by atoms with Crippen LogP contribution in [0.4, 0.5) is 0 Å². The summed E-state index contributed by atoms with van der Waals surface area (Å²) in [5.41, 5.74) is 1.33. The molecule has 0 spiro atoms. The molecule has 2 atom stereocenters. The first-order valence-corrected chi connectivity index (χ1v) is 9.75. The molecule has 1 aromatic carbocycles. The van der Waals surface area contributed by atoms with Crippen LogP contribution in [0.15, 0.2) is 30.3 Å². The molecule has 0 amide bonds. The van der Waals surface area contributed by atoms with Gasteiger partial charge in [0, 0.05) is 18.6 Å². The van der Waals surface area contributed by atoms with Crippen LogP contribution in [0.5, 0.6) is 0 Å². The van der Waals surface area contributed by atoms with Gasteiger partial charge in [-0.05, 0) is 31.5 Å². The van der Waals surface area contributed by atoms with Crippen LogP contribution in [0.3, 0.4) is 0 Å². The molecule has 2 N–H and O–H groups in total. The van der Waals surface area contributed by atoms with E-state index in [-0.39, 0.29) is 17.5 Å². The second kappa shape index (κ2) is 6.66. The van der Waals surface area contributed by atoms with Crippen LogP contribution < -0.4 is 5.32 Å². The van der Waals surface area contributed by atoms with Crippen molar-refractivity contribution in [2.24, 2.45) is 0 Å². The minimum atomic E-state index is -3.07. The summed E-state index contributed by atoms with van der Waals surface area (Å²) < 4.78 is 23.1. The minimum Gasteiger partial charge on any atom is -0.390 e. The van der Waals surface area contributed by atoms with Crippen LogP contribution in [-0.4, -0.2) is 61.2 Å². The highest BCUT2D eigenvalue weighted by molar-refractivity contribution is 7.91. The normalized spacial score (nSPS) is 29.7. The van der Waals surface area contributed by atoms with E-state index in [0.717, 1.165) is 32.5 Å². The van der Waals surface area contributed by atoms with Crippen molar-refractivity contribution in [3.8, 4) is 0 Å². The molecule has 22 heavy (non-hydrogen) atoms. The number of benzene rings is 1. The van der Waals surface area contributed by atoms with Gasteiger partial charge in [0.25, 0.3) is 0 Å². The quantitative estimate of drug-likeness (QED) is 0.839. The summed E-state index contributed by atoms with van der Waals surface area (Å²) >= 11 is 0. The summed E-state index contributed by atoms with van der Waals surface area (Å²) in [5, 5.41) is 13.2. The van der Waals surface area contributed by atoms with Crippen molar-refractivity contribution in [3.63, 3.8) is 0 Å². The Kier molecular flexibility index (Phi) is 4.82. The van der Waals surface area contributed by atoms with Gasteiger partial charge < -0.3 is 10.4 Å². The van der Waals surface area contributed by atoms with Crippen molar-refractivity contribution in [2.75, 3.05) is 24.6 Å². The summed E-state index contributed by atoms with van der Waals surface area (Å²) in [5.74, 6) is -0.0318. The van der Waals surface area contributed by atoms with Crippen LogP contribution in [0.1, 0.15) is 18.4 Å². The number of nitrogens with one attached hydrogen (secondary N) is 1. The highest BCUT2D eigenvalue weighted by Crippen LogP contribution is 2.18. The third kappa shape index (κ3) is 4.07. The summed E-state index contributed by atoms with van der Waals surface area (Å²) in [6.45, 7) is 2.97. The van der Waals surface area contributed by atoms with Gasteiger partial charge in [-0.25, -0.2) is 8.42 Å². The Bertz CT molecular complexity index is 583. The predicted octanol–water partition coefficient (Wildman–Crippen LogP) is 0.399. The van der Waals surface area contributed by atoms with E-state index in [9.17, 15) is 13.5 Å². The summed E-state index contributed by atoms with van der Waals surface area (Å²) in [6, 6.07) is 10.4. The second-order valence-electron chi connectivity index (χ2n) is 6.45. The van der Waals surface area contributed by atoms with Gasteiger partial charge in [-0.1, -0.05) is 30.3 Å². The Labute approximate surface area is 132 Å². The zero-order valence-electron chi connectivity index (χ0n) is 12.7. The first-order chi connectivity index (χ1) is 10.5. The number of sulfone groups is 1. The van der Waals surface area contributed by atoms with Crippen LogP contribution in [0.2, 0.25) is 0 Å². The number of likely N-dealkylation sites (tertiary alicyclic amines) is 1. The molecule has 0 aliphatic carbocycles. The van der Waals surface area contributed by atoms with E-state index in [1.165, 1.54) is 5.56 Å². The number of nitrogens with zero attached hydrogens (tertiary/aromatic N) is 1. The van der Waals surface area contributed by atoms with E-state index >= 15 is 0 Å². The van der Waals surface area contributed by atoms with Crippen molar-refractivity contribution in [1.82, 2.24) is 10.2 Å². The van der Waals surface area contributed by atoms with Crippen molar-refractivity contribution < 1.29 is 13.5 Å². The Morgan fingerprint density at radius 2 is 1.82 bits per heavy atom.